The van der Waals surface area contributed by atoms with Crippen molar-refractivity contribution >= 4 is 51.8 Å². The number of carbonyl (C=O) groups excluding carboxylic acids is 2. The van der Waals surface area contributed by atoms with Gasteiger partial charge in [0.2, 0.25) is 5.91 Å². The summed E-state index contributed by atoms with van der Waals surface area (Å²) >= 11 is 2.30. The molecule has 3 unspecified atom stereocenters. The van der Waals surface area contributed by atoms with Crippen molar-refractivity contribution in [2.24, 2.45) is 27.7 Å². The Labute approximate surface area is 340 Å². The smallest absolute Gasteiger partial charge is 0.220 e. The zero-order chi connectivity index (χ0) is 39.0. The molecule has 1 aromatic carbocycles. The number of aliphatic imine (C=N–C) groups is 2. The van der Waals surface area contributed by atoms with Gasteiger partial charge in [0, 0.05) is 123 Å². The fourth-order valence-corrected chi connectivity index (χ4v) is 10.2. The number of hydrogen-bond acceptors (Lipinski definition) is 5. The van der Waals surface area contributed by atoms with Crippen molar-refractivity contribution in [3.8, 4) is 0 Å². The van der Waals surface area contributed by atoms with Gasteiger partial charge < -0.3 is 20.0 Å². The molecular formula is C46H58IN5O3. The number of ether oxygens (including phenoxy) is 1. The standard InChI is InChI=1S/C46H58IN5O3/c1-8-10-11-12-18-55-29(7)43-27(5)37-21-36-26(4)33(16-17-42(54)48-24-30-14-13-15-31(47)19-30)45(51-36)34-20-41(53)44-28(6)38(52-46(34)44)22-39-32(9-2)25(3)35(49-39)23-40(43)50-37/h13-15,19,21,26,29,32-34,50,52H,8-12,16-18,20,22-24H2,1-7H3,(H,48,54)/t26-,29?,32?,33-,34?/m0/s1. The number of nitrogens with one attached hydrogen (secondary N) is 3. The second-order valence-electron chi connectivity index (χ2n) is 16.3. The van der Waals surface area contributed by atoms with Gasteiger partial charge in [0.25, 0.3) is 0 Å². The maximum absolute atomic E-state index is 13.8. The second kappa shape index (κ2) is 16.9. The molecule has 8 nitrogen and oxygen atoms in total. The van der Waals surface area contributed by atoms with Crippen molar-refractivity contribution in [3.63, 3.8) is 0 Å². The van der Waals surface area contributed by atoms with Crippen LogP contribution >= 0.6 is 22.6 Å². The van der Waals surface area contributed by atoms with Crippen LogP contribution in [0.1, 0.15) is 153 Å². The lowest BCUT2D eigenvalue weighted by atomic mass is 9.81. The van der Waals surface area contributed by atoms with Gasteiger partial charge in [0.05, 0.1) is 6.10 Å². The summed E-state index contributed by atoms with van der Waals surface area (Å²) < 4.78 is 7.69. The summed E-state index contributed by atoms with van der Waals surface area (Å²) in [6.07, 6.45) is 10.7. The minimum Gasteiger partial charge on any atom is -0.374 e. The van der Waals surface area contributed by atoms with Crippen molar-refractivity contribution in [1.82, 2.24) is 15.3 Å². The fourth-order valence-electron chi connectivity index (χ4n) is 9.60. The first-order chi connectivity index (χ1) is 26.5. The van der Waals surface area contributed by atoms with E-state index in [1.165, 1.54) is 41.7 Å². The van der Waals surface area contributed by atoms with Gasteiger partial charge in [-0.05, 0) is 110 Å². The molecule has 1 amide bonds. The number of rotatable bonds is 13. The summed E-state index contributed by atoms with van der Waals surface area (Å²) in [7, 11) is 0. The van der Waals surface area contributed by atoms with Gasteiger partial charge in [0.1, 0.15) is 0 Å². The molecule has 8 bridgehead atoms. The van der Waals surface area contributed by atoms with E-state index in [2.05, 4.69) is 105 Å². The molecule has 0 saturated heterocycles. The van der Waals surface area contributed by atoms with Crippen molar-refractivity contribution in [3.05, 3.63) is 95.4 Å². The fraction of sp³-hybridized carbons (Fsp3) is 0.522. The number of nitrogens with zero attached hydrogens (tertiary/aromatic N) is 2. The van der Waals surface area contributed by atoms with Crippen molar-refractivity contribution in [1.29, 1.82) is 0 Å². The van der Waals surface area contributed by atoms with Gasteiger partial charge in [-0.2, -0.15) is 0 Å². The third kappa shape index (κ3) is 8.02. The molecule has 3 aliphatic heterocycles. The van der Waals surface area contributed by atoms with Crippen LogP contribution in [-0.2, 0) is 28.9 Å². The molecule has 9 heteroatoms. The Morgan fingerprint density at radius 2 is 1.87 bits per heavy atom. The Hall–Kier alpha value is -3.57. The number of carbonyl (C=O) groups is 2. The molecule has 0 saturated carbocycles. The molecule has 1 aliphatic carbocycles. The third-order valence-corrected chi connectivity index (χ3v) is 13.4. The first-order valence-electron chi connectivity index (χ1n) is 20.6. The highest BCUT2D eigenvalue weighted by Gasteiger charge is 2.44. The second-order valence-corrected chi connectivity index (χ2v) is 17.6. The molecule has 0 spiro atoms. The van der Waals surface area contributed by atoms with E-state index in [9.17, 15) is 9.59 Å². The Morgan fingerprint density at radius 1 is 1.05 bits per heavy atom. The van der Waals surface area contributed by atoms with Crippen molar-refractivity contribution < 1.29 is 14.3 Å². The van der Waals surface area contributed by atoms with Gasteiger partial charge in [-0.3, -0.25) is 19.6 Å². The lowest BCUT2D eigenvalue weighted by Crippen LogP contribution is -2.27. The molecule has 5 atom stereocenters. The minimum atomic E-state index is -0.143. The first-order valence-corrected chi connectivity index (χ1v) is 21.7. The van der Waals surface area contributed by atoms with Crippen molar-refractivity contribution in [2.75, 3.05) is 6.61 Å². The van der Waals surface area contributed by atoms with Crippen molar-refractivity contribution in [2.45, 2.75) is 131 Å². The molecule has 2 aromatic heterocycles. The van der Waals surface area contributed by atoms with Gasteiger partial charge in [-0.1, -0.05) is 52.2 Å². The monoisotopic (exact) mass is 855 g/mol. The lowest BCUT2D eigenvalue weighted by Gasteiger charge is -2.22. The van der Waals surface area contributed by atoms with E-state index in [-0.39, 0.29) is 41.5 Å². The highest BCUT2D eigenvalue weighted by Crippen LogP contribution is 2.46. The topological polar surface area (TPSA) is 112 Å². The van der Waals surface area contributed by atoms with E-state index >= 15 is 0 Å². The molecule has 3 aromatic rings. The van der Waals surface area contributed by atoms with Crippen LogP contribution in [0.25, 0.3) is 6.08 Å². The quantitative estimate of drug-likeness (QED) is 0.118. The van der Waals surface area contributed by atoms with E-state index in [1.807, 2.05) is 12.1 Å². The predicted molar refractivity (Wildman–Crippen MR) is 231 cm³/mol. The lowest BCUT2D eigenvalue weighted by molar-refractivity contribution is -0.121. The third-order valence-electron chi connectivity index (χ3n) is 12.8. The number of aromatic amines is 2. The van der Waals surface area contributed by atoms with Crippen LogP contribution < -0.4 is 5.32 Å². The molecule has 4 aliphatic rings. The summed E-state index contributed by atoms with van der Waals surface area (Å²) in [4.78, 5) is 45.6. The van der Waals surface area contributed by atoms with Crippen LogP contribution in [0.5, 0.6) is 0 Å². The normalized spacial score (nSPS) is 22.3. The number of amides is 1. The summed E-state index contributed by atoms with van der Waals surface area (Å²) in [6.45, 7) is 16.7. The molecule has 292 valence electrons. The highest BCUT2D eigenvalue weighted by atomic mass is 127. The number of allylic oxidation sites excluding steroid dienone is 3. The largest absolute Gasteiger partial charge is 0.374 e. The Kier molecular flexibility index (Phi) is 12.2. The number of benzene rings is 1. The van der Waals surface area contributed by atoms with E-state index in [4.69, 9.17) is 14.7 Å². The van der Waals surface area contributed by atoms with E-state index in [1.54, 1.807) is 0 Å². The number of H-pyrrole nitrogens is 2. The van der Waals surface area contributed by atoms with Gasteiger partial charge in [-0.25, -0.2) is 0 Å². The molecule has 3 N–H and O–H groups in total. The summed E-state index contributed by atoms with van der Waals surface area (Å²) in [5.74, 6) is 0.435. The number of halogens is 1. The van der Waals surface area contributed by atoms with E-state index in [0.717, 1.165) is 79.6 Å². The van der Waals surface area contributed by atoms with E-state index < -0.39 is 0 Å². The van der Waals surface area contributed by atoms with Gasteiger partial charge in [0.15, 0.2) is 5.78 Å². The number of hydrogen-bond donors (Lipinski definition) is 3. The zero-order valence-electron chi connectivity index (χ0n) is 33.8. The zero-order valence-corrected chi connectivity index (χ0v) is 35.9. The summed E-state index contributed by atoms with van der Waals surface area (Å²) in [6, 6.07) is 8.22. The Morgan fingerprint density at radius 3 is 2.64 bits per heavy atom. The average Bonchev–Trinajstić information content (AvgIpc) is 3.91. The van der Waals surface area contributed by atoms with Crippen LogP contribution in [-0.4, -0.2) is 39.7 Å². The maximum Gasteiger partial charge on any atom is 0.220 e. The SMILES string of the molecule is CCCCCCOC(C)c1c2[nH]c(c1C)C=C1N=C(C3CC(=O)c4c3[nH]c(c4C)CC3=NC(=C(C)C3CC)C2)[C@@H](CCC(=O)NCc2cccc(I)c2)[C@@H]1C. The van der Waals surface area contributed by atoms with Gasteiger partial charge >= 0.3 is 0 Å². The van der Waals surface area contributed by atoms with Crippen LogP contribution in [0.3, 0.4) is 0 Å². The molecule has 55 heavy (non-hydrogen) atoms. The van der Waals surface area contributed by atoms with Gasteiger partial charge in [-0.15, -0.1) is 0 Å². The molecule has 5 heterocycles. The molecular weight excluding hydrogens is 797 g/mol. The number of ketones is 1. The molecule has 7 rings (SSSR count). The predicted octanol–water partition coefficient (Wildman–Crippen LogP) is 10.6. The Bertz CT molecular complexity index is 2100. The summed E-state index contributed by atoms with van der Waals surface area (Å²) in [5, 5.41) is 3.15. The number of unbranched alkanes of at least 4 members (excludes halogenated alkanes) is 3. The molecule has 0 fully saturated rings. The van der Waals surface area contributed by atoms with Crippen LogP contribution in [0.2, 0.25) is 0 Å². The highest BCUT2D eigenvalue weighted by molar-refractivity contribution is 14.1. The average molecular weight is 856 g/mol. The molecule has 0 radical (unpaired) electrons. The number of fused-ring (bicyclic) bond motifs is 6. The van der Waals surface area contributed by atoms with Crippen LogP contribution in [0.15, 0.2) is 51.2 Å². The van der Waals surface area contributed by atoms with E-state index in [0.29, 0.717) is 38.6 Å². The number of Topliss-reactive ketones (excluding diaryl/α,β-unsaturated/α-hetero) is 1. The van der Waals surface area contributed by atoms with Crippen LogP contribution in [0.4, 0.5) is 0 Å². The first kappa shape index (κ1) is 39.7. The number of aromatic nitrogens is 2. The minimum absolute atomic E-state index is 0.0263. The summed E-state index contributed by atoms with van der Waals surface area (Å²) in [5.41, 5.74) is 15.3. The maximum atomic E-state index is 13.8. The Balaban J connectivity index is 1.26. The van der Waals surface area contributed by atoms with Crippen LogP contribution in [0, 0.1) is 35.2 Å².